The van der Waals surface area contributed by atoms with E-state index in [4.69, 9.17) is 9.47 Å². The van der Waals surface area contributed by atoms with Crippen LogP contribution in [0.1, 0.15) is 57.8 Å². The lowest BCUT2D eigenvalue weighted by atomic mass is 10.0. The smallest absolute Gasteiger partial charge is 0.191 e. The highest BCUT2D eigenvalue weighted by Gasteiger charge is 2.27. The van der Waals surface area contributed by atoms with Gasteiger partial charge in [0.25, 0.3) is 0 Å². The molecule has 3 fully saturated rings. The standard InChI is InChI=1S/C20H38N4O2/c1-21-20(22-11-4-14-26-19-9-15-25-16-10-19)23-17-7-12-24(13-8-17)18-5-2-3-6-18/h17-19H,2-16H2,1H3,(H2,21,22,23). The lowest BCUT2D eigenvalue weighted by Crippen LogP contribution is -2.50. The van der Waals surface area contributed by atoms with Crippen molar-refractivity contribution in [3.63, 3.8) is 0 Å². The fraction of sp³-hybridized carbons (Fsp3) is 0.950. The molecule has 0 unspecified atom stereocenters. The van der Waals surface area contributed by atoms with E-state index in [1.54, 1.807) is 0 Å². The molecule has 26 heavy (non-hydrogen) atoms. The van der Waals surface area contributed by atoms with Gasteiger partial charge in [-0.15, -0.1) is 0 Å². The maximum atomic E-state index is 5.92. The SMILES string of the molecule is CN=C(NCCCOC1CCOCC1)NC1CCN(C2CCCC2)CC1. The average molecular weight is 367 g/mol. The van der Waals surface area contributed by atoms with Gasteiger partial charge in [0.1, 0.15) is 0 Å². The summed E-state index contributed by atoms with van der Waals surface area (Å²) in [7, 11) is 1.86. The Kier molecular flexibility index (Phi) is 8.49. The third-order valence-electron chi connectivity index (χ3n) is 6.07. The molecule has 3 rings (SSSR count). The van der Waals surface area contributed by atoms with Crippen LogP contribution in [0.4, 0.5) is 0 Å². The summed E-state index contributed by atoms with van der Waals surface area (Å²) in [4.78, 5) is 7.11. The number of hydrogen-bond acceptors (Lipinski definition) is 4. The molecule has 0 aromatic carbocycles. The first kappa shape index (κ1) is 19.9. The second-order valence-corrected chi connectivity index (χ2v) is 7.93. The first-order valence-corrected chi connectivity index (χ1v) is 10.8. The summed E-state index contributed by atoms with van der Waals surface area (Å²) >= 11 is 0. The van der Waals surface area contributed by atoms with E-state index in [2.05, 4.69) is 20.5 Å². The molecule has 2 saturated heterocycles. The summed E-state index contributed by atoms with van der Waals surface area (Å²) in [6, 6.07) is 1.42. The van der Waals surface area contributed by atoms with Crippen LogP contribution in [0.2, 0.25) is 0 Å². The van der Waals surface area contributed by atoms with Gasteiger partial charge in [-0.1, -0.05) is 12.8 Å². The van der Waals surface area contributed by atoms with Crippen LogP contribution in [0.5, 0.6) is 0 Å². The molecule has 0 bridgehead atoms. The Morgan fingerprint density at radius 3 is 2.50 bits per heavy atom. The van der Waals surface area contributed by atoms with E-state index in [1.807, 2.05) is 7.05 Å². The van der Waals surface area contributed by atoms with Crippen LogP contribution in [0.25, 0.3) is 0 Å². The van der Waals surface area contributed by atoms with Gasteiger partial charge in [0, 0.05) is 58.6 Å². The number of aliphatic imine (C=N–C) groups is 1. The van der Waals surface area contributed by atoms with Crippen molar-refractivity contribution in [3.8, 4) is 0 Å². The number of hydrogen-bond donors (Lipinski definition) is 2. The summed E-state index contributed by atoms with van der Waals surface area (Å²) < 4.78 is 11.3. The van der Waals surface area contributed by atoms with Gasteiger partial charge < -0.3 is 25.0 Å². The Balaban J connectivity index is 1.25. The molecule has 0 aromatic heterocycles. The van der Waals surface area contributed by atoms with Gasteiger partial charge in [0.15, 0.2) is 5.96 Å². The zero-order chi connectivity index (χ0) is 18.0. The van der Waals surface area contributed by atoms with E-state index in [0.717, 1.165) is 57.6 Å². The molecule has 0 spiro atoms. The average Bonchev–Trinajstić information content (AvgIpc) is 3.23. The van der Waals surface area contributed by atoms with E-state index >= 15 is 0 Å². The molecule has 0 radical (unpaired) electrons. The maximum Gasteiger partial charge on any atom is 0.191 e. The van der Waals surface area contributed by atoms with Gasteiger partial charge in [0.05, 0.1) is 6.10 Å². The maximum absolute atomic E-state index is 5.92. The van der Waals surface area contributed by atoms with Gasteiger partial charge in [-0.25, -0.2) is 0 Å². The third kappa shape index (κ3) is 6.39. The minimum Gasteiger partial charge on any atom is -0.381 e. The molecular formula is C20H38N4O2. The van der Waals surface area contributed by atoms with E-state index in [0.29, 0.717) is 12.1 Å². The molecule has 2 aliphatic heterocycles. The Hall–Kier alpha value is -0.850. The van der Waals surface area contributed by atoms with E-state index in [9.17, 15) is 0 Å². The highest BCUT2D eigenvalue weighted by Crippen LogP contribution is 2.26. The Bertz CT molecular complexity index is 412. The van der Waals surface area contributed by atoms with Gasteiger partial charge in [-0.2, -0.15) is 0 Å². The van der Waals surface area contributed by atoms with Crippen LogP contribution < -0.4 is 10.6 Å². The zero-order valence-electron chi connectivity index (χ0n) is 16.5. The van der Waals surface area contributed by atoms with Crippen molar-refractivity contribution in [1.29, 1.82) is 0 Å². The van der Waals surface area contributed by atoms with E-state index in [-0.39, 0.29) is 0 Å². The quantitative estimate of drug-likeness (QED) is 0.411. The first-order valence-electron chi connectivity index (χ1n) is 10.8. The van der Waals surface area contributed by atoms with Crippen LogP contribution in [0.15, 0.2) is 4.99 Å². The number of rotatable bonds is 7. The lowest BCUT2D eigenvalue weighted by Gasteiger charge is -2.36. The Labute approximate surface area is 159 Å². The highest BCUT2D eigenvalue weighted by atomic mass is 16.5. The summed E-state index contributed by atoms with van der Waals surface area (Å²) in [6.45, 7) is 5.88. The van der Waals surface area contributed by atoms with E-state index in [1.165, 1.54) is 51.6 Å². The lowest BCUT2D eigenvalue weighted by molar-refractivity contribution is -0.0320. The second-order valence-electron chi connectivity index (χ2n) is 7.93. The molecule has 0 aromatic rings. The monoisotopic (exact) mass is 366 g/mol. The Morgan fingerprint density at radius 2 is 1.81 bits per heavy atom. The highest BCUT2D eigenvalue weighted by molar-refractivity contribution is 5.79. The normalized spacial score (nSPS) is 24.9. The first-order chi connectivity index (χ1) is 12.8. The van der Waals surface area contributed by atoms with Crippen molar-refractivity contribution in [2.45, 2.75) is 76.0 Å². The van der Waals surface area contributed by atoms with Gasteiger partial charge >= 0.3 is 0 Å². The van der Waals surface area contributed by atoms with Crippen molar-refractivity contribution < 1.29 is 9.47 Å². The zero-order valence-corrected chi connectivity index (χ0v) is 16.5. The molecule has 3 aliphatic rings. The van der Waals surface area contributed by atoms with Crippen LogP contribution >= 0.6 is 0 Å². The van der Waals surface area contributed by atoms with Crippen LogP contribution in [-0.4, -0.2) is 75.5 Å². The number of ether oxygens (including phenoxy) is 2. The topological polar surface area (TPSA) is 58.1 Å². The van der Waals surface area contributed by atoms with Crippen molar-refractivity contribution in [1.82, 2.24) is 15.5 Å². The third-order valence-corrected chi connectivity index (χ3v) is 6.07. The fourth-order valence-corrected chi connectivity index (χ4v) is 4.44. The predicted molar refractivity (Wildman–Crippen MR) is 106 cm³/mol. The van der Waals surface area contributed by atoms with Crippen LogP contribution in [0.3, 0.4) is 0 Å². The van der Waals surface area contributed by atoms with Crippen molar-refractivity contribution in [3.05, 3.63) is 0 Å². The predicted octanol–water partition coefficient (Wildman–Crippen LogP) is 2.14. The van der Waals surface area contributed by atoms with Crippen molar-refractivity contribution in [2.24, 2.45) is 4.99 Å². The number of nitrogens with zero attached hydrogens (tertiary/aromatic N) is 2. The molecular weight excluding hydrogens is 328 g/mol. The van der Waals surface area contributed by atoms with Crippen LogP contribution in [-0.2, 0) is 9.47 Å². The minimum atomic E-state index is 0.395. The number of likely N-dealkylation sites (tertiary alicyclic amines) is 1. The molecule has 150 valence electrons. The van der Waals surface area contributed by atoms with Gasteiger partial charge in [0.2, 0.25) is 0 Å². The van der Waals surface area contributed by atoms with Crippen molar-refractivity contribution in [2.75, 3.05) is 46.5 Å². The summed E-state index contributed by atoms with van der Waals surface area (Å²) in [5, 5.41) is 7.05. The molecule has 6 heteroatoms. The molecule has 0 amide bonds. The molecule has 6 nitrogen and oxygen atoms in total. The molecule has 1 aliphatic carbocycles. The molecule has 0 atom stereocenters. The van der Waals surface area contributed by atoms with Gasteiger partial charge in [-0.3, -0.25) is 4.99 Å². The Morgan fingerprint density at radius 1 is 1.08 bits per heavy atom. The second kappa shape index (κ2) is 11.1. The van der Waals surface area contributed by atoms with Crippen molar-refractivity contribution >= 4 is 5.96 Å². The summed E-state index contributed by atoms with van der Waals surface area (Å²) in [5.41, 5.74) is 0. The number of guanidine groups is 1. The van der Waals surface area contributed by atoms with E-state index < -0.39 is 0 Å². The number of nitrogens with one attached hydrogen (secondary N) is 2. The summed E-state index contributed by atoms with van der Waals surface area (Å²) in [6.07, 6.45) is 11.6. The minimum absolute atomic E-state index is 0.395. The van der Waals surface area contributed by atoms with Gasteiger partial charge in [-0.05, 0) is 44.9 Å². The summed E-state index contributed by atoms with van der Waals surface area (Å²) in [5.74, 6) is 0.940. The van der Waals surface area contributed by atoms with Crippen LogP contribution in [0, 0.1) is 0 Å². The fourth-order valence-electron chi connectivity index (χ4n) is 4.44. The largest absolute Gasteiger partial charge is 0.381 e. The molecule has 2 N–H and O–H groups in total. The molecule has 1 saturated carbocycles. The number of piperidine rings is 1. The molecule has 2 heterocycles.